The van der Waals surface area contributed by atoms with Crippen molar-refractivity contribution < 1.29 is 4.39 Å². The first-order valence-electron chi connectivity index (χ1n) is 6.19. The fourth-order valence-electron chi connectivity index (χ4n) is 2.38. The van der Waals surface area contributed by atoms with Crippen molar-refractivity contribution in [3.63, 3.8) is 0 Å². The van der Waals surface area contributed by atoms with E-state index in [4.69, 9.17) is 17.3 Å². The minimum Gasteiger partial charge on any atom is -0.321 e. The highest BCUT2D eigenvalue weighted by Crippen LogP contribution is 2.27. The molecule has 2 aromatic rings. The Morgan fingerprint density at radius 3 is 2.53 bits per heavy atom. The van der Waals surface area contributed by atoms with E-state index in [1.165, 1.54) is 6.07 Å². The molecule has 2 aromatic carbocycles. The normalized spacial score (nSPS) is 14.2. The summed E-state index contributed by atoms with van der Waals surface area (Å²) in [4.78, 5) is 0. The molecule has 0 bridgehead atoms. The van der Waals surface area contributed by atoms with Crippen LogP contribution in [0.25, 0.3) is 0 Å². The van der Waals surface area contributed by atoms with Crippen molar-refractivity contribution in [1.82, 2.24) is 0 Å². The first-order chi connectivity index (χ1) is 8.90. The van der Waals surface area contributed by atoms with Gasteiger partial charge in [-0.25, -0.2) is 4.39 Å². The molecule has 2 rings (SSSR count). The topological polar surface area (TPSA) is 26.0 Å². The van der Waals surface area contributed by atoms with E-state index in [0.717, 1.165) is 16.7 Å². The predicted molar refractivity (Wildman–Crippen MR) is 77.8 cm³/mol. The molecule has 0 amide bonds. The van der Waals surface area contributed by atoms with Gasteiger partial charge in [-0.05, 0) is 49.1 Å². The van der Waals surface area contributed by atoms with Crippen LogP contribution in [0.4, 0.5) is 4.39 Å². The second kappa shape index (κ2) is 5.32. The Morgan fingerprint density at radius 2 is 1.89 bits per heavy atom. The summed E-state index contributed by atoms with van der Waals surface area (Å²) in [7, 11) is 0. The molecule has 0 radical (unpaired) electrons. The van der Waals surface area contributed by atoms with E-state index in [-0.39, 0.29) is 5.02 Å². The molecule has 1 atom stereocenters. The third-order valence-electron chi connectivity index (χ3n) is 3.32. The number of halogens is 2. The van der Waals surface area contributed by atoms with Gasteiger partial charge in [-0.15, -0.1) is 0 Å². The second-order valence-electron chi connectivity index (χ2n) is 5.16. The maximum absolute atomic E-state index is 13.2. The summed E-state index contributed by atoms with van der Waals surface area (Å²) in [5, 5.41) is 0.137. The molecule has 0 aliphatic rings. The third-order valence-corrected chi connectivity index (χ3v) is 3.61. The van der Waals surface area contributed by atoms with Gasteiger partial charge in [0.2, 0.25) is 0 Å². The fraction of sp³-hybridized carbons (Fsp3) is 0.250. The molecule has 0 fully saturated rings. The van der Waals surface area contributed by atoms with Crippen molar-refractivity contribution in [3.8, 4) is 0 Å². The zero-order chi connectivity index (χ0) is 14.0. The summed E-state index contributed by atoms with van der Waals surface area (Å²) in [6.45, 7) is 4.02. The summed E-state index contributed by atoms with van der Waals surface area (Å²) >= 11 is 5.80. The monoisotopic (exact) mass is 277 g/mol. The van der Waals surface area contributed by atoms with E-state index in [1.54, 1.807) is 12.1 Å². The number of aryl methyl sites for hydroxylation is 1. The number of benzene rings is 2. The largest absolute Gasteiger partial charge is 0.321 e. The summed E-state index contributed by atoms with van der Waals surface area (Å²) in [5.74, 6) is -0.403. The molecule has 0 aliphatic carbocycles. The van der Waals surface area contributed by atoms with E-state index >= 15 is 0 Å². The highest BCUT2D eigenvalue weighted by atomic mass is 35.5. The van der Waals surface area contributed by atoms with Crippen LogP contribution in [0.3, 0.4) is 0 Å². The van der Waals surface area contributed by atoms with Gasteiger partial charge in [-0.1, -0.05) is 41.9 Å². The molecule has 0 saturated carbocycles. The summed E-state index contributed by atoms with van der Waals surface area (Å²) in [6, 6.07) is 12.8. The van der Waals surface area contributed by atoms with Gasteiger partial charge in [0.05, 0.1) is 5.02 Å². The van der Waals surface area contributed by atoms with Crippen LogP contribution in [0.15, 0.2) is 42.5 Å². The van der Waals surface area contributed by atoms with Crippen molar-refractivity contribution in [2.24, 2.45) is 5.73 Å². The SMILES string of the molecule is Cc1ccccc1C(C)(N)Cc1ccc(F)c(Cl)c1. The summed E-state index contributed by atoms with van der Waals surface area (Å²) < 4.78 is 13.2. The second-order valence-corrected chi connectivity index (χ2v) is 5.56. The summed E-state index contributed by atoms with van der Waals surface area (Å²) in [5.41, 5.74) is 9.09. The maximum atomic E-state index is 13.2. The van der Waals surface area contributed by atoms with Crippen LogP contribution in [0, 0.1) is 12.7 Å². The Hall–Kier alpha value is -1.38. The van der Waals surface area contributed by atoms with Gasteiger partial charge in [0, 0.05) is 5.54 Å². The van der Waals surface area contributed by atoms with Gasteiger partial charge >= 0.3 is 0 Å². The minimum absolute atomic E-state index is 0.137. The van der Waals surface area contributed by atoms with Gasteiger partial charge < -0.3 is 5.73 Å². The number of hydrogen-bond acceptors (Lipinski definition) is 1. The Balaban J connectivity index is 2.31. The maximum Gasteiger partial charge on any atom is 0.141 e. The zero-order valence-corrected chi connectivity index (χ0v) is 11.8. The van der Waals surface area contributed by atoms with Crippen LogP contribution in [0.5, 0.6) is 0 Å². The van der Waals surface area contributed by atoms with Gasteiger partial charge in [0.25, 0.3) is 0 Å². The first kappa shape index (κ1) is 14.0. The molecule has 3 heteroatoms. The van der Waals surface area contributed by atoms with E-state index in [1.807, 2.05) is 38.1 Å². The highest BCUT2D eigenvalue weighted by molar-refractivity contribution is 6.30. The summed E-state index contributed by atoms with van der Waals surface area (Å²) in [6.07, 6.45) is 0.609. The first-order valence-corrected chi connectivity index (χ1v) is 6.57. The number of rotatable bonds is 3. The standard InChI is InChI=1S/C16H17ClFN/c1-11-5-3-4-6-13(11)16(2,19)10-12-7-8-15(18)14(17)9-12/h3-9H,10,19H2,1-2H3. The third kappa shape index (κ3) is 3.14. The number of hydrogen-bond donors (Lipinski definition) is 1. The van der Waals surface area contributed by atoms with Crippen molar-refractivity contribution >= 4 is 11.6 Å². The smallest absolute Gasteiger partial charge is 0.141 e. The quantitative estimate of drug-likeness (QED) is 0.894. The molecular weight excluding hydrogens is 261 g/mol. The Labute approximate surface area is 118 Å². The molecule has 19 heavy (non-hydrogen) atoms. The van der Waals surface area contributed by atoms with Crippen LogP contribution in [-0.2, 0) is 12.0 Å². The molecule has 100 valence electrons. The molecule has 2 N–H and O–H groups in total. The van der Waals surface area contributed by atoms with Crippen LogP contribution in [0.1, 0.15) is 23.6 Å². The predicted octanol–water partition coefficient (Wildman–Crippen LogP) is 4.20. The lowest BCUT2D eigenvalue weighted by Gasteiger charge is -2.27. The van der Waals surface area contributed by atoms with Crippen LogP contribution < -0.4 is 5.73 Å². The zero-order valence-electron chi connectivity index (χ0n) is 11.1. The van der Waals surface area contributed by atoms with Crippen molar-refractivity contribution in [2.45, 2.75) is 25.8 Å². The van der Waals surface area contributed by atoms with Gasteiger partial charge in [-0.2, -0.15) is 0 Å². The average molecular weight is 278 g/mol. The lowest BCUT2D eigenvalue weighted by molar-refractivity contribution is 0.488. The van der Waals surface area contributed by atoms with E-state index < -0.39 is 11.4 Å². The lowest BCUT2D eigenvalue weighted by atomic mass is 9.84. The molecule has 1 nitrogen and oxygen atoms in total. The van der Waals surface area contributed by atoms with Crippen LogP contribution >= 0.6 is 11.6 Å². The Morgan fingerprint density at radius 1 is 1.21 bits per heavy atom. The van der Waals surface area contributed by atoms with Crippen LogP contribution in [0.2, 0.25) is 5.02 Å². The highest BCUT2D eigenvalue weighted by Gasteiger charge is 2.23. The molecule has 1 unspecified atom stereocenters. The van der Waals surface area contributed by atoms with Crippen molar-refractivity contribution in [3.05, 3.63) is 70.0 Å². The van der Waals surface area contributed by atoms with Crippen molar-refractivity contribution in [2.75, 3.05) is 0 Å². The average Bonchev–Trinajstić information content (AvgIpc) is 2.34. The van der Waals surface area contributed by atoms with Crippen molar-refractivity contribution in [1.29, 1.82) is 0 Å². The van der Waals surface area contributed by atoms with Crippen LogP contribution in [-0.4, -0.2) is 0 Å². The molecule has 0 saturated heterocycles. The van der Waals surface area contributed by atoms with Gasteiger partial charge in [0.15, 0.2) is 0 Å². The molecular formula is C16H17ClFN. The molecule has 0 spiro atoms. The van der Waals surface area contributed by atoms with E-state index in [9.17, 15) is 4.39 Å². The van der Waals surface area contributed by atoms with Gasteiger partial charge in [-0.3, -0.25) is 0 Å². The molecule has 0 heterocycles. The Bertz CT molecular complexity index is 593. The Kier molecular flexibility index (Phi) is 3.93. The molecule has 0 aromatic heterocycles. The van der Waals surface area contributed by atoms with Gasteiger partial charge in [0.1, 0.15) is 5.82 Å². The fourth-order valence-corrected chi connectivity index (χ4v) is 2.59. The lowest BCUT2D eigenvalue weighted by Crippen LogP contribution is -2.36. The minimum atomic E-state index is -0.507. The number of nitrogens with two attached hydrogens (primary N) is 1. The molecule has 0 aliphatic heterocycles. The van der Waals surface area contributed by atoms with E-state index in [0.29, 0.717) is 6.42 Å². The van der Waals surface area contributed by atoms with E-state index in [2.05, 4.69) is 0 Å².